The Morgan fingerprint density at radius 2 is 1.71 bits per heavy atom. The lowest BCUT2D eigenvalue weighted by Gasteiger charge is -2.13. The van der Waals surface area contributed by atoms with Crippen LogP contribution < -0.4 is 14.2 Å². The van der Waals surface area contributed by atoms with E-state index in [1.54, 1.807) is 25.1 Å². The average Bonchev–Trinajstić information content (AvgIpc) is 3.25. The van der Waals surface area contributed by atoms with Crippen molar-refractivity contribution in [2.45, 2.75) is 13.5 Å². The van der Waals surface area contributed by atoms with Gasteiger partial charge in [-0.3, -0.25) is 0 Å². The fraction of sp³-hybridized carbons (Fsp3) is 0.185. The van der Waals surface area contributed by atoms with Gasteiger partial charge in [-0.2, -0.15) is 0 Å². The first-order chi connectivity index (χ1) is 17.0. The Hall–Kier alpha value is -4.46. The number of methoxy groups -OCH3 is 1. The Morgan fingerprint density at radius 3 is 2.43 bits per heavy atom. The highest BCUT2D eigenvalue weighted by atomic mass is 16.5. The van der Waals surface area contributed by atoms with Gasteiger partial charge in [-0.1, -0.05) is 30.3 Å². The van der Waals surface area contributed by atoms with Crippen LogP contribution >= 0.6 is 0 Å². The van der Waals surface area contributed by atoms with Gasteiger partial charge in [-0.25, -0.2) is 9.59 Å². The first-order valence-electron chi connectivity index (χ1n) is 11.0. The smallest absolute Gasteiger partial charge is 0.355 e. The molecule has 0 saturated carbocycles. The van der Waals surface area contributed by atoms with E-state index in [1.807, 2.05) is 48.5 Å². The lowest BCUT2D eigenvalue weighted by atomic mass is 10.00. The largest absolute Gasteiger partial charge is 0.497 e. The fourth-order valence-corrected chi connectivity index (χ4v) is 3.74. The Balaban J connectivity index is 1.79. The number of carboxylic acids is 1. The molecule has 0 aliphatic rings. The van der Waals surface area contributed by atoms with Gasteiger partial charge in [0, 0.05) is 28.6 Å². The van der Waals surface area contributed by atoms with E-state index in [0.717, 1.165) is 10.9 Å². The number of benzene rings is 3. The van der Waals surface area contributed by atoms with Crippen molar-refractivity contribution in [3.63, 3.8) is 0 Å². The van der Waals surface area contributed by atoms with Gasteiger partial charge in [0.25, 0.3) is 0 Å². The SMILES string of the molecule is CCOC(=O)c1[nH]c2cc(OCc3ccccc3)ccc2c1-c1ccc(OC)cc1OCC(=O)O. The molecule has 0 aliphatic heterocycles. The summed E-state index contributed by atoms with van der Waals surface area (Å²) >= 11 is 0. The van der Waals surface area contributed by atoms with E-state index in [-0.39, 0.29) is 18.1 Å². The van der Waals surface area contributed by atoms with Crippen molar-refractivity contribution in [3.05, 3.63) is 78.0 Å². The number of H-pyrrole nitrogens is 1. The number of hydrogen-bond acceptors (Lipinski definition) is 6. The fourth-order valence-electron chi connectivity index (χ4n) is 3.74. The highest BCUT2D eigenvalue weighted by Crippen LogP contribution is 2.41. The van der Waals surface area contributed by atoms with Gasteiger partial charge in [0.1, 0.15) is 29.5 Å². The van der Waals surface area contributed by atoms with Gasteiger partial charge in [0.05, 0.1) is 19.2 Å². The normalized spacial score (nSPS) is 10.7. The number of carbonyl (C=O) groups is 2. The molecule has 0 saturated heterocycles. The van der Waals surface area contributed by atoms with E-state index < -0.39 is 18.5 Å². The van der Waals surface area contributed by atoms with E-state index in [9.17, 15) is 9.59 Å². The Bertz CT molecular complexity index is 1340. The zero-order chi connectivity index (χ0) is 24.8. The molecule has 3 aromatic carbocycles. The highest BCUT2D eigenvalue weighted by molar-refractivity contribution is 6.09. The number of carbonyl (C=O) groups excluding carboxylic acids is 1. The number of ether oxygens (including phenoxy) is 4. The number of aromatic amines is 1. The summed E-state index contributed by atoms with van der Waals surface area (Å²) < 4.78 is 22.0. The summed E-state index contributed by atoms with van der Waals surface area (Å²) in [6.07, 6.45) is 0. The number of carboxylic acid groups (broad SMARTS) is 1. The zero-order valence-corrected chi connectivity index (χ0v) is 19.4. The number of aliphatic carboxylic acids is 1. The monoisotopic (exact) mass is 475 g/mol. The van der Waals surface area contributed by atoms with Crippen LogP contribution in [-0.4, -0.2) is 42.4 Å². The number of rotatable bonds is 10. The Kier molecular flexibility index (Phi) is 7.21. The molecule has 0 spiro atoms. The second-order valence-corrected chi connectivity index (χ2v) is 7.62. The van der Waals surface area contributed by atoms with E-state index in [1.165, 1.54) is 7.11 Å². The summed E-state index contributed by atoms with van der Waals surface area (Å²) in [5.74, 6) is -0.276. The standard InChI is InChI=1S/C27H25NO7/c1-3-33-27(31)26-25(21-12-9-18(32-2)14-23(21)35-16-24(29)30)20-11-10-19(13-22(20)28-26)34-15-17-7-5-4-6-8-17/h4-14,28H,3,15-16H2,1-2H3,(H,29,30). The molecule has 0 radical (unpaired) electrons. The maximum absolute atomic E-state index is 12.9. The predicted octanol–water partition coefficient (Wildman–Crippen LogP) is 5.06. The number of esters is 1. The van der Waals surface area contributed by atoms with E-state index in [4.69, 9.17) is 24.1 Å². The van der Waals surface area contributed by atoms with Crippen molar-refractivity contribution in [1.82, 2.24) is 4.98 Å². The van der Waals surface area contributed by atoms with Gasteiger partial charge < -0.3 is 29.0 Å². The molecule has 0 bridgehead atoms. The van der Waals surface area contributed by atoms with Gasteiger partial charge in [-0.15, -0.1) is 0 Å². The number of hydrogen-bond donors (Lipinski definition) is 2. The maximum atomic E-state index is 12.9. The van der Waals surface area contributed by atoms with Gasteiger partial charge >= 0.3 is 11.9 Å². The Morgan fingerprint density at radius 1 is 0.943 bits per heavy atom. The summed E-state index contributed by atoms with van der Waals surface area (Å²) in [7, 11) is 1.50. The summed E-state index contributed by atoms with van der Waals surface area (Å²) in [5, 5.41) is 9.85. The molecule has 0 atom stereocenters. The van der Waals surface area contributed by atoms with Crippen molar-refractivity contribution in [3.8, 4) is 28.4 Å². The van der Waals surface area contributed by atoms with Crippen LogP contribution in [0, 0.1) is 0 Å². The first kappa shape index (κ1) is 23.7. The lowest BCUT2D eigenvalue weighted by Crippen LogP contribution is -2.11. The molecule has 8 nitrogen and oxygen atoms in total. The predicted molar refractivity (Wildman–Crippen MR) is 130 cm³/mol. The van der Waals surface area contributed by atoms with Crippen LogP contribution in [0.15, 0.2) is 66.7 Å². The molecular weight excluding hydrogens is 450 g/mol. The third-order valence-electron chi connectivity index (χ3n) is 5.31. The summed E-state index contributed by atoms with van der Waals surface area (Å²) in [4.78, 5) is 27.2. The van der Waals surface area contributed by atoms with Crippen molar-refractivity contribution >= 4 is 22.8 Å². The molecule has 180 valence electrons. The van der Waals surface area contributed by atoms with Crippen molar-refractivity contribution < 1.29 is 33.6 Å². The summed E-state index contributed by atoms with van der Waals surface area (Å²) in [6, 6.07) is 20.3. The van der Waals surface area contributed by atoms with Crippen LogP contribution in [0.5, 0.6) is 17.2 Å². The van der Waals surface area contributed by atoms with Crippen molar-refractivity contribution in [2.24, 2.45) is 0 Å². The molecule has 1 heterocycles. The van der Waals surface area contributed by atoms with Crippen LogP contribution in [0.25, 0.3) is 22.0 Å². The minimum absolute atomic E-state index is 0.198. The Labute approximate surface area is 202 Å². The van der Waals surface area contributed by atoms with E-state index >= 15 is 0 Å². The number of fused-ring (bicyclic) bond motifs is 1. The molecule has 4 aromatic rings. The second-order valence-electron chi connectivity index (χ2n) is 7.62. The van der Waals surface area contributed by atoms with Crippen LogP contribution in [-0.2, 0) is 16.1 Å². The van der Waals surface area contributed by atoms with Crippen LogP contribution in [0.3, 0.4) is 0 Å². The van der Waals surface area contributed by atoms with Gasteiger partial charge in [0.2, 0.25) is 0 Å². The molecule has 1 aromatic heterocycles. The summed E-state index contributed by atoms with van der Waals surface area (Å²) in [6.45, 7) is 1.78. The van der Waals surface area contributed by atoms with Gasteiger partial charge in [-0.05, 0) is 36.8 Å². The average molecular weight is 475 g/mol. The summed E-state index contributed by atoms with van der Waals surface area (Å²) in [5.41, 5.74) is 2.99. The molecule has 2 N–H and O–H groups in total. The highest BCUT2D eigenvalue weighted by Gasteiger charge is 2.24. The third kappa shape index (κ3) is 5.38. The third-order valence-corrected chi connectivity index (χ3v) is 5.31. The molecule has 0 fully saturated rings. The van der Waals surface area contributed by atoms with Crippen molar-refractivity contribution in [1.29, 1.82) is 0 Å². The molecule has 0 aliphatic carbocycles. The maximum Gasteiger partial charge on any atom is 0.355 e. The number of aromatic nitrogens is 1. The first-order valence-corrected chi connectivity index (χ1v) is 11.0. The van der Waals surface area contributed by atoms with E-state index in [2.05, 4.69) is 4.98 Å². The molecular formula is C27H25NO7. The lowest BCUT2D eigenvalue weighted by molar-refractivity contribution is -0.139. The van der Waals surface area contributed by atoms with E-state index in [0.29, 0.717) is 34.7 Å². The zero-order valence-electron chi connectivity index (χ0n) is 19.4. The second kappa shape index (κ2) is 10.6. The minimum Gasteiger partial charge on any atom is -0.497 e. The van der Waals surface area contributed by atoms with Crippen LogP contribution in [0.2, 0.25) is 0 Å². The minimum atomic E-state index is -1.12. The molecule has 0 amide bonds. The topological polar surface area (TPSA) is 107 Å². The molecule has 0 unspecified atom stereocenters. The van der Waals surface area contributed by atoms with Crippen LogP contribution in [0.1, 0.15) is 23.0 Å². The molecule has 8 heteroatoms. The molecule has 35 heavy (non-hydrogen) atoms. The quantitative estimate of drug-likeness (QED) is 0.309. The van der Waals surface area contributed by atoms with Crippen molar-refractivity contribution in [2.75, 3.05) is 20.3 Å². The van der Waals surface area contributed by atoms with Crippen LogP contribution in [0.4, 0.5) is 0 Å². The number of nitrogens with one attached hydrogen (secondary N) is 1. The molecule has 4 rings (SSSR count). The van der Waals surface area contributed by atoms with Gasteiger partial charge in [0.15, 0.2) is 6.61 Å².